The summed E-state index contributed by atoms with van der Waals surface area (Å²) in [4.78, 5) is 16.0. The smallest absolute Gasteiger partial charge is 0.257 e. The Kier molecular flexibility index (Phi) is 4.82. The normalized spacial score (nSPS) is 12.0. The van der Waals surface area contributed by atoms with E-state index in [1.165, 1.54) is 18.3 Å². The van der Waals surface area contributed by atoms with Gasteiger partial charge in [-0.3, -0.25) is 9.78 Å². The Morgan fingerprint density at radius 1 is 1.09 bits per heavy atom. The van der Waals surface area contributed by atoms with E-state index in [-0.39, 0.29) is 10.8 Å². The highest BCUT2D eigenvalue weighted by Gasteiger charge is 2.21. The van der Waals surface area contributed by atoms with Gasteiger partial charge in [-0.15, -0.1) is 0 Å². The van der Waals surface area contributed by atoms with E-state index in [1.54, 1.807) is 51.2 Å². The maximum absolute atomic E-state index is 12.2. The molecule has 0 radical (unpaired) electrons. The van der Waals surface area contributed by atoms with Gasteiger partial charge in [0.2, 0.25) is 10.0 Å². The molecule has 2 aromatic rings. The fourth-order valence-corrected chi connectivity index (χ4v) is 3.30. The number of pyridine rings is 1. The Labute approximate surface area is 136 Å². The lowest BCUT2D eigenvalue weighted by Crippen LogP contribution is -2.40. The van der Waals surface area contributed by atoms with Crippen LogP contribution in [0.4, 0.5) is 5.69 Å². The zero-order chi connectivity index (χ0) is 17.1. The number of hydrogen-bond acceptors (Lipinski definition) is 4. The number of carbonyl (C=O) groups is 1. The molecule has 6 nitrogen and oxygen atoms in total. The van der Waals surface area contributed by atoms with Crippen LogP contribution in [0.3, 0.4) is 0 Å². The van der Waals surface area contributed by atoms with Crippen LogP contribution in [-0.2, 0) is 10.0 Å². The SMILES string of the molecule is CC(C)(C)NS(=O)(=O)c1ccc(NC(=O)c2cccnc2)cc1. The average Bonchev–Trinajstić information content (AvgIpc) is 2.46. The van der Waals surface area contributed by atoms with Crippen molar-refractivity contribution in [3.63, 3.8) is 0 Å². The lowest BCUT2D eigenvalue weighted by Gasteiger charge is -2.20. The molecule has 1 aromatic carbocycles. The molecule has 2 N–H and O–H groups in total. The molecule has 1 amide bonds. The van der Waals surface area contributed by atoms with E-state index in [0.29, 0.717) is 11.3 Å². The third-order valence-electron chi connectivity index (χ3n) is 2.79. The molecule has 0 saturated carbocycles. The zero-order valence-electron chi connectivity index (χ0n) is 13.2. The first-order valence-electron chi connectivity index (χ1n) is 7.03. The first-order chi connectivity index (χ1) is 10.7. The van der Waals surface area contributed by atoms with Gasteiger partial charge >= 0.3 is 0 Å². The number of rotatable bonds is 4. The van der Waals surface area contributed by atoms with E-state index in [1.807, 2.05) is 0 Å². The highest BCUT2D eigenvalue weighted by atomic mass is 32.2. The van der Waals surface area contributed by atoms with Gasteiger partial charge in [-0.2, -0.15) is 0 Å². The molecule has 2 rings (SSSR count). The van der Waals surface area contributed by atoms with Gasteiger partial charge in [-0.1, -0.05) is 0 Å². The molecule has 1 aromatic heterocycles. The maximum atomic E-state index is 12.2. The summed E-state index contributed by atoms with van der Waals surface area (Å²) in [5.74, 6) is -0.304. The summed E-state index contributed by atoms with van der Waals surface area (Å²) in [7, 11) is -3.59. The second-order valence-corrected chi connectivity index (χ2v) is 7.76. The predicted molar refractivity (Wildman–Crippen MR) is 88.7 cm³/mol. The van der Waals surface area contributed by atoms with Crippen molar-refractivity contribution in [2.75, 3.05) is 5.32 Å². The van der Waals surface area contributed by atoms with Crippen LogP contribution in [0.5, 0.6) is 0 Å². The number of benzene rings is 1. The number of sulfonamides is 1. The number of carbonyl (C=O) groups excluding carboxylic acids is 1. The van der Waals surface area contributed by atoms with Crippen LogP contribution in [0, 0.1) is 0 Å². The molecule has 1 heterocycles. The number of hydrogen-bond donors (Lipinski definition) is 2. The van der Waals surface area contributed by atoms with E-state index < -0.39 is 15.6 Å². The fourth-order valence-electron chi connectivity index (χ4n) is 1.88. The standard InChI is InChI=1S/C16H19N3O3S/c1-16(2,3)19-23(21,22)14-8-6-13(7-9-14)18-15(20)12-5-4-10-17-11-12/h4-11,19H,1-3H3,(H,18,20). The third kappa shape index (κ3) is 4.87. The van der Waals surface area contributed by atoms with Crippen molar-refractivity contribution in [3.05, 3.63) is 54.4 Å². The van der Waals surface area contributed by atoms with E-state index in [9.17, 15) is 13.2 Å². The van der Waals surface area contributed by atoms with Crippen LogP contribution in [-0.4, -0.2) is 24.8 Å². The fraction of sp³-hybridized carbons (Fsp3) is 0.250. The second-order valence-electron chi connectivity index (χ2n) is 6.08. The van der Waals surface area contributed by atoms with Crippen LogP contribution >= 0.6 is 0 Å². The average molecular weight is 333 g/mol. The van der Waals surface area contributed by atoms with Crippen LogP contribution in [0.15, 0.2) is 53.7 Å². The Balaban J connectivity index is 2.13. The Hall–Kier alpha value is -2.25. The van der Waals surface area contributed by atoms with Gasteiger partial charge in [0.1, 0.15) is 0 Å². The van der Waals surface area contributed by atoms with E-state index in [4.69, 9.17) is 0 Å². The van der Waals surface area contributed by atoms with Crippen LogP contribution < -0.4 is 10.0 Å². The molecule has 0 atom stereocenters. The minimum absolute atomic E-state index is 0.145. The lowest BCUT2D eigenvalue weighted by molar-refractivity contribution is 0.102. The molecule has 0 aliphatic heterocycles. The Morgan fingerprint density at radius 3 is 2.26 bits per heavy atom. The molecule has 7 heteroatoms. The highest BCUT2D eigenvalue weighted by molar-refractivity contribution is 7.89. The van der Waals surface area contributed by atoms with Crippen molar-refractivity contribution in [1.29, 1.82) is 0 Å². The van der Waals surface area contributed by atoms with Gasteiger partial charge in [-0.25, -0.2) is 13.1 Å². The van der Waals surface area contributed by atoms with Crippen LogP contribution in [0.1, 0.15) is 31.1 Å². The second kappa shape index (κ2) is 6.47. The Morgan fingerprint density at radius 2 is 1.74 bits per heavy atom. The summed E-state index contributed by atoms with van der Waals surface area (Å²) in [6.45, 7) is 5.31. The van der Waals surface area contributed by atoms with Gasteiger partial charge in [0.05, 0.1) is 10.5 Å². The van der Waals surface area contributed by atoms with Crippen molar-refractivity contribution >= 4 is 21.6 Å². The Bertz CT molecular complexity index is 780. The minimum Gasteiger partial charge on any atom is -0.322 e. The van der Waals surface area contributed by atoms with Crippen molar-refractivity contribution < 1.29 is 13.2 Å². The molecule has 0 saturated heterocycles. The summed E-state index contributed by atoms with van der Waals surface area (Å²) < 4.78 is 27.0. The first-order valence-corrected chi connectivity index (χ1v) is 8.51. The van der Waals surface area contributed by atoms with E-state index in [0.717, 1.165) is 0 Å². The predicted octanol–water partition coefficient (Wildman–Crippen LogP) is 2.41. The summed E-state index contributed by atoms with van der Waals surface area (Å²) in [5, 5.41) is 2.69. The summed E-state index contributed by atoms with van der Waals surface area (Å²) in [5.41, 5.74) is 0.374. The summed E-state index contributed by atoms with van der Waals surface area (Å²) in [6.07, 6.45) is 3.04. The number of amides is 1. The van der Waals surface area contributed by atoms with Gasteiger partial charge in [0.15, 0.2) is 0 Å². The van der Waals surface area contributed by atoms with Crippen molar-refractivity contribution in [2.45, 2.75) is 31.2 Å². The quantitative estimate of drug-likeness (QED) is 0.899. The highest BCUT2D eigenvalue weighted by Crippen LogP contribution is 2.16. The molecule has 0 spiro atoms. The monoisotopic (exact) mass is 333 g/mol. The molecule has 0 aliphatic rings. The van der Waals surface area contributed by atoms with Crippen molar-refractivity contribution in [3.8, 4) is 0 Å². The van der Waals surface area contributed by atoms with Crippen molar-refractivity contribution in [1.82, 2.24) is 9.71 Å². The molecule has 23 heavy (non-hydrogen) atoms. The molecule has 0 unspecified atom stereocenters. The summed E-state index contributed by atoms with van der Waals surface area (Å²) >= 11 is 0. The zero-order valence-corrected chi connectivity index (χ0v) is 14.0. The van der Waals surface area contributed by atoms with Gasteiger partial charge in [0, 0.05) is 23.6 Å². The van der Waals surface area contributed by atoms with Gasteiger partial charge < -0.3 is 5.32 Å². The van der Waals surface area contributed by atoms with Crippen LogP contribution in [0.2, 0.25) is 0 Å². The first kappa shape index (κ1) is 17.1. The molecule has 0 aliphatic carbocycles. The third-order valence-corrected chi connectivity index (χ3v) is 4.56. The van der Waals surface area contributed by atoms with E-state index >= 15 is 0 Å². The molecule has 0 bridgehead atoms. The number of aromatic nitrogens is 1. The van der Waals surface area contributed by atoms with Gasteiger partial charge in [-0.05, 0) is 57.2 Å². The molecular formula is C16H19N3O3S. The van der Waals surface area contributed by atoms with Crippen molar-refractivity contribution in [2.24, 2.45) is 0 Å². The maximum Gasteiger partial charge on any atom is 0.257 e. The molecule has 0 fully saturated rings. The number of nitrogens with one attached hydrogen (secondary N) is 2. The number of nitrogens with zero attached hydrogens (tertiary/aromatic N) is 1. The summed E-state index contributed by atoms with van der Waals surface area (Å²) in [6, 6.07) is 9.31. The van der Waals surface area contributed by atoms with Gasteiger partial charge in [0.25, 0.3) is 5.91 Å². The van der Waals surface area contributed by atoms with Crippen LogP contribution in [0.25, 0.3) is 0 Å². The molecule has 122 valence electrons. The van der Waals surface area contributed by atoms with E-state index in [2.05, 4.69) is 15.0 Å². The number of anilines is 1. The topological polar surface area (TPSA) is 88.2 Å². The minimum atomic E-state index is -3.59. The largest absolute Gasteiger partial charge is 0.322 e. The molecular weight excluding hydrogens is 314 g/mol. The lowest BCUT2D eigenvalue weighted by atomic mass is 10.1.